The Morgan fingerprint density at radius 3 is 2.48 bits per heavy atom. The van der Waals surface area contributed by atoms with Gasteiger partial charge in [-0.25, -0.2) is 17.5 Å². The van der Waals surface area contributed by atoms with Crippen molar-refractivity contribution in [2.75, 3.05) is 6.54 Å². The molecule has 1 unspecified atom stereocenters. The van der Waals surface area contributed by atoms with Crippen molar-refractivity contribution in [3.8, 4) is 0 Å². The molecule has 0 radical (unpaired) electrons. The van der Waals surface area contributed by atoms with Gasteiger partial charge < -0.3 is 5.11 Å². The zero-order valence-corrected chi connectivity index (χ0v) is 13.2. The van der Waals surface area contributed by atoms with Gasteiger partial charge in [0.15, 0.2) is 0 Å². The molecule has 2 rings (SSSR count). The van der Waals surface area contributed by atoms with Gasteiger partial charge in [-0.1, -0.05) is 30.3 Å². The van der Waals surface area contributed by atoms with Crippen LogP contribution in [0.3, 0.4) is 0 Å². The Morgan fingerprint density at radius 1 is 1.19 bits per heavy atom. The number of hydrogen-bond donors (Lipinski definition) is 2. The van der Waals surface area contributed by atoms with Crippen LogP contribution in [-0.2, 0) is 10.0 Å². The second-order valence-electron chi connectivity index (χ2n) is 4.35. The molecule has 0 bridgehead atoms. The zero-order valence-electron chi connectivity index (χ0n) is 10.8. The normalized spacial score (nSPS) is 13.1. The van der Waals surface area contributed by atoms with Gasteiger partial charge in [0.1, 0.15) is 5.82 Å². The topological polar surface area (TPSA) is 66.4 Å². The first-order valence-corrected chi connectivity index (χ1v) is 8.35. The predicted octanol–water partition coefficient (Wildman–Crippen LogP) is 2.60. The minimum Gasteiger partial charge on any atom is -0.387 e. The van der Waals surface area contributed by atoms with Gasteiger partial charge in [0.25, 0.3) is 0 Å². The van der Waals surface area contributed by atoms with Crippen molar-refractivity contribution >= 4 is 26.0 Å². The van der Waals surface area contributed by atoms with Crippen LogP contribution in [0, 0.1) is 5.82 Å². The van der Waals surface area contributed by atoms with Crippen LogP contribution >= 0.6 is 15.9 Å². The largest absolute Gasteiger partial charge is 0.387 e. The maximum Gasteiger partial charge on any atom is 0.241 e. The summed E-state index contributed by atoms with van der Waals surface area (Å²) in [5, 5.41) is 9.95. The molecule has 21 heavy (non-hydrogen) atoms. The van der Waals surface area contributed by atoms with E-state index in [2.05, 4.69) is 20.7 Å². The van der Waals surface area contributed by atoms with Crippen molar-refractivity contribution < 1.29 is 17.9 Å². The van der Waals surface area contributed by atoms with Crippen LogP contribution in [-0.4, -0.2) is 20.1 Å². The molecular formula is C14H13BrFNO3S. The van der Waals surface area contributed by atoms with E-state index >= 15 is 0 Å². The average molecular weight is 374 g/mol. The lowest BCUT2D eigenvalue weighted by molar-refractivity contribution is 0.182. The van der Waals surface area contributed by atoms with Crippen molar-refractivity contribution in [1.29, 1.82) is 0 Å². The number of aliphatic hydroxyl groups excluding tert-OH is 1. The van der Waals surface area contributed by atoms with Crippen LogP contribution in [0.15, 0.2) is 57.9 Å². The first-order chi connectivity index (χ1) is 9.90. The SMILES string of the molecule is O=S(=O)(NCC(O)c1ccccc1)c1ccc(F)cc1Br. The van der Waals surface area contributed by atoms with Crippen molar-refractivity contribution in [2.24, 2.45) is 0 Å². The van der Waals surface area contributed by atoms with E-state index < -0.39 is 21.9 Å². The Bertz CT molecular complexity index is 722. The molecule has 1 atom stereocenters. The molecule has 112 valence electrons. The number of aliphatic hydroxyl groups is 1. The molecule has 0 spiro atoms. The van der Waals surface area contributed by atoms with Gasteiger partial charge in [-0.15, -0.1) is 0 Å². The Hall–Kier alpha value is -1.28. The minimum absolute atomic E-state index is 0.0795. The summed E-state index contributed by atoms with van der Waals surface area (Å²) in [7, 11) is -3.83. The molecule has 0 fully saturated rings. The predicted molar refractivity (Wildman–Crippen MR) is 80.7 cm³/mol. The third-order valence-electron chi connectivity index (χ3n) is 2.83. The molecule has 0 aliphatic rings. The van der Waals surface area contributed by atoms with Gasteiger partial charge in [-0.2, -0.15) is 0 Å². The van der Waals surface area contributed by atoms with Crippen LogP contribution in [0.5, 0.6) is 0 Å². The number of halogens is 2. The number of sulfonamides is 1. The molecule has 0 aliphatic carbocycles. The Labute approximate surface area is 130 Å². The monoisotopic (exact) mass is 373 g/mol. The fourth-order valence-corrected chi connectivity index (χ4v) is 3.84. The van der Waals surface area contributed by atoms with Gasteiger partial charge >= 0.3 is 0 Å². The molecule has 2 N–H and O–H groups in total. The van der Waals surface area contributed by atoms with Crippen molar-refractivity contribution in [3.05, 3.63) is 64.4 Å². The van der Waals surface area contributed by atoms with E-state index in [1.165, 1.54) is 0 Å². The van der Waals surface area contributed by atoms with E-state index in [0.29, 0.717) is 5.56 Å². The highest BCUT2D eigenvalue weighted by Gasteiger charge is 2.19. The summed E-state index contributed by atoms with van der Waals surface area (Å²) in [4.78, 5) is -0.0795. The molecule has 0 saturated carbocycles. The lowest BCUT2D eigenvalue weighted by Gasteiger charge is -2.13. The van der Waals surface area contributed by atoms with Crippen molar-refractivity contribution in [3.63, 3.8) is 0 Å². The fourth-order valence-electron chi connectivity index (χ4n) is 1.75. The molecule has 0 amide bonds. The van der Waals surface area contributed by atoms with Crippen LogP contribution < -0.4 is 4.72 Å². The maximum absolute atomic E-state index is 13.0. The third kappa shape index (κ3) is 4.10. The molecule has 0 heterocycles. The summed E-state index contributed by atoms with van der Waals surface area (Å²) in [6, 6.07) is 12.0. The Balaban J connectivity index is 2.11. The van der Waals surface area contributed by atoms with Crippen molar-refractivity contribution in [2.45, 2.75) is 11.0 Å². The molecule has 2 aromatic rings. The van der Waals surface area contributed by atoms with Gasteiger partial charge in [0, 0.05) is 11.0 Å². The van der Waals surface area contributed by atoms with E-state index in [1.54, 1.807) is 30.3 Å². The van der Waals surface area contributed by atoms with E-state index in [9.17, 15) is 17.9 Å². The second-order valence-corrected chi connectivity index (χ2v) is 6.94. The minimum atomic E-state index is -3.83. The van der Waals surface area contributed by atoms with Gasteiger partial charge in [0.2, 0.25) is 10.0 Å². The molecule has 0 aliphatic heterocycles. The van der Waals surface area contributed by atoms with Crippen molar-refractivity contribution in [1.82, 2.24) is 4.72 Å². The van der Waals surface area contributed by atoms with Gasteiger partial charge in [0.05, 0.1) is 11.0 Å². The average Bonchev–Trinajstić information content (AvgIpc) is 2.45. The van der Waals surface area contributed by atoms with E-state index in [4.69, 9.17) is 0 Å². The standard InChI is InChI=1S/C14H13BrFNO3S/c15-12-8-11(16)6-7-14(12)21(19,20)17-9-13(18)10-4-2-1-3-5-10/h1-8,13,17-18H,9H2. The fraction of sp³-hybridized carbons (Fsp3) is 0.143. The number of rotatable bonds is 5. The summed E-state index contributed by atoms with van der Waals surface area (Å²) < 4.78 is 39.7. The number of benzene rings is 2. The Morgan fingerprint density at radius 2 is 1.86 bits per heavy atom. The second kappa shape index (κ2) is 6.65. The van der Waals surface area contributed by atoms with E-state index in [1.807, 2.05) is 0 Å². The highest BCUT2D eigenvalue weighted by molar-refractivity contribution is 9.10. The van der Waals surface area contributed by atoms with E-state index in [0.717, 1.165) is 18.2 Å². The number of nitrogens with one attached hydrogen (secondary N) is 1. The lowest BCUT2D eigenvalue weighted by atomic mass is 10.1. The first-order valence-electron chi connectivity index (χ1n) is 6.08. The van der Waals surface area contributed by atoms with Crippen LogP contribution in [0.4, 0.5) is 4.39 Å². The van der Waals surface area contributed by atoms with Crippen LogP contribution in [0.1, 0.15) is 11.7 Å². The number of hydrogen-bond acceptors (Lipinski definition) is 3. The summed E-state index contributed by atoms with van der Waals surface area (Å²) >= 11 is 3.01. The quantitative estimate of drug-likeness (QED) is 0.846. The molecule has 2 aromatic carbocycles. The third-order valence-corrected chi connectivity index (χ3v) is 5.23. The maximum atomic E-state index is 13.0. The van der Waals surface area contributed by atoms with E-state index in [-0.39, 0.29) is 15.9 Å². The molecule has 7 heteroatoms. The zero-order chi connectivity index (χ0) is 15.5. The molecule has 0 saturated heterocycles. The van der Waals surface area contributed by atoms with Crippen LogP contribution in [0.25, 0.3) is 0 Å². The molecular weight excluding hydrogens is 361 g/mol. The van der Waals surface area contributed by atoms with Gasteiger partial charge in [-0.3, -0.25) is 0 Å². The summed E-state index contributed by atoms with van der Waals surface area (Å²) in [6.07, 6.45) is -0.958. The van der Waals surface area contributed by atoms with Crippen LogP contribution in [0.2, 0.25) is 0 Å². The Kier molecular flexibility index (Phi) is 5.10. The molecule has 4 nitrogen and oxygen atoms in total. The highest BCUT2D eigenvalue weighted by Crippen LogP contribution is 2.23. The lowest BCUT2D eigenvalue weighted by Crippen LogP contribution is -2.28. The highest BCUT2D eigenvalue weighted by atomic mass is 79.9. The van der Waals surface area contributed by atoms with Gasteiger partial charge in [-0.05, 0) is 39.7 Å². The summed E-state index contributed by atoms with van der Waals surface area (Å²) in [5.41, 5.74) is 0.610. The first kappa shape index (κ1) is 16.1. The summed E-state index contributed by atoms with van der Waals surface area (Å²) in [5.74, 6) is -0.537. The molecule has 0 aromatic heterocycles. The smallest absolute Gasteiger partial charge is 0.241 e. The summed E-state index contributed by atoms with van der Waals surface area (Å²) in [6.45, 7) is -0.170.